The summed E-state index contributed by atoms with van der Waals surface area (Å²) in [5, 5.41) is 10.8. The highest BCUT2D eigenvalue weighted by molar-refractivity contribution is 5.63. The number of hydrogen-bond acceptors (Lipinski definition) is 4. The summed E-state index contributed by atoms with van der Waals surface area (Å²) in [5.41, 5.74) is 1.26. The van der Waals surface area contributed by atoms with Gasteiger partial charge in [0.05, 0.1) is 31.3 Å². The van der Waals surface area contributed by atoms with E-state index in [2.05, 4.69) is 31.9 Å². The summed E-state index contributed by atoms with van der Waals surface area (Å²) in [6.45, 7) is 7.45. The van der Waals surface area contributed by atoms with Crippen LogP contribution >= 0.6 is 0 Å². The summed E-state index contributed by atoms with van der Waals surface area (Å²) < 4.78 is 37.8. The molecule has 1 saturated heterocycles. The van der Waals surface area contributed by atoms with Crippen molar-refractivity contribution in [2.24, 2.45) is 16.7 Å². The number of ether oxygens (including phenoxy) is 2. The van der Waals surface area contributed by atoms with Gasteiger partial charge in [-0.3, -0.25) is 0 Å². The number of alkyl halides is 2. The van der Waals surface area contributed by atoms with Crippen LogP contribution in [0.25, 0.3) is 6.08 Å². The fraction of sp³-hybridized carbons (Fsp3) is 0.667. The van der Waals surface area contributed by atoms with Crippen molar-refractivity contribution in [3.05, 3.63) is 29.5 Å². The third-order valence-electron chi connectivity index (χ3n) is 6.77. The van der Waals surface area contributed by atoms with E-state index in [1.807, 2.05) is 18.2 Å². The molecule has 1 aliphatic carbocycles. The maximum absolute atomic E-state index is 13.2. The molecule has 4 nitrogen and oxygen atoms in total. The SMILES string of the molecule is COc1cc2c(cc1OCC1(C(F)F)CC1)C=CN1C[C@@H](CC(C)(C)C)[C@H](O)C[C@H]21. The molecule has 2 aliphatic heterocycles. The molecule has 30 heavy (non-hydrogen) atoms. The van der Waals surface area contributed by atoms with E-state index in [4.69, 9.17) is 9.47 Å². The molecule has 4 rings (SSSR count). The standard InChI is InChI=1S/C24H33F2NO3/c1-23(2,3)12-16-13-27-8-5-15-9-21(30-14-24(6-7-24)22(25)26)20(29-4)10-17(15)18(27)11-19(16)28/h5,8-10,16,18-19,22,28H,6-7,11-14H2,1-4H3/t16-,18-,19-/m1/s1. The van der Waals surface area contributed by atoms with Crippen LogP contribution in [0.5, 0.6) is 11.5 Å². The van der Waals surface area contributed by atoms with Gasteiger partial charge in [-0.05, 0) is 60.4 Å². The Morgan fingerprint density at radius 2 is 1.97 bits per heavy atom. The third-order valence-corrected chi connectivity index (χ3v) is 6.77. The minimum Gasteiger partial charge on any atom is -0.493 e. The molecule has 1 saturated carbocycles. The molecular weight excluding hydrogens is 388 g/mol. The van der Waals surface area contributed by atoms with Gasteiger partial charge in [-0.15, -0.1) is 0 Å². The van der Waals surface area contributed by atoms with Gasteiger partial charge in [-0.2, -0.15) is 0 Å². The summed E-state index contributed by atoms with van der Waals surface area (Å²) in [6.07, 6.45) is 4.06. The molecule has 1 aromatic rings. The van der Waals surface area contributed by atoms with E-state index < -0.39 is 11.8 Å². The highest BCUT2D eigenvalue weighted by atomic mass is 19.3. The van der Waals surface area contributed by atoms with Gasteiger partial charge in [0.2, 0.25) is 6.43 Å². The fourth-order valence-corrected chi connectivity index (χ4v) is 4.81. The van der Waals surface area contributed by atoms with Crippen LogP contribution in [0.3, 0.4) is 0 Å². The van der Waals surface area contributed by atoms with Crippen molar-refractivity contribution in [1.82, 2.24) is 4.90 Å². The zero-order chi connectivity index (χ0) is 21.7. The Bertz CT molecular complexity index is 813. The molecule has 6 heteroatoms. The number of aliphatic hydroxyl groups excluding tert-OH is 1. The molecule has 2 heterocycles. The molecule has 1 aromatic carbocycles. The Morgan fingerprint density at radius 1 is 1.23 bits per heavy atom. The maximum atomic E-state index is 13.2. The molecule has 166 valence electrons. The molecule has 3 aliphatic rings. The summed E-state index contributed by atoms with van der Waals surface area (Å²) in [5.74, 6) is 1.30. The van der Waals surface area contributed by atoms with Gasteiger partial charge in [0.15, 0.2) is 11.5 Å². The second-order valence-electron chi connectivity index (χ2n) is 10.4. The lowest BCUT2D eigenvalue weighted by molar-refractivity contribution is -0.00458. The smallest absolute Gasteiger partial charge is 0.247 e. The molecule has 0 bridgehead atoms. The van der Waals surface area contributed by atoms with Gasteiger partial charge in [-0.1, -0.05) is 20.8 Å². The lowest BCUT2D eigenvalue weighted by atomic mass is 9.76. The molecule has 0 radical (unpaired) electrons. The molecular formula is C24H33F2NO3. The molecule has 1 N–H and O–H groups in total. The number of piperidine rings is 1. The number of aliphatic hydroxyl groups is 1. The van der Waals surface area contributed by atoms with Crippen molar-refractivity contribution in [3.8, 4) is 11.5 Å². The summed E-state index contributed by atoms with van der Waals surface area (Å²) in [4.78, 5) is 2.31. The Labute approximate surface area is 177 Å². The first-order chi connectivity index (χ1) is 14.1. The quantitative estimate of drug-likeness (QED) is 0.680. The Kier molecular flexibility index (Phi) is 5.50. The average molecular weight is 422 g/mol. The van der Waals surface area contributed by atoms with Gasteiger partial charge in [0, 0.05) is 18.7 Å². The van der Waals surface area contributed by atoms with E-state index in [9.17, 15) is 13.9 Å². The Morgan fingerprint density at radius 3 is 2.57 bits per heavy atom. The highest BCUT2D eigenvalue weighted by Crippen LogP contribution is 2.51. The van der Waals surface area contributed by atoms with Crippen LogP contribution in [0.1, 0.15) is 63.6 Å². The first kappa shape index (κ1) is 21.4. The number of rotatable bonds is 6. The van der Waals surface area contributed by atoms with Crippen LogP contribution in [0.4, 0.5) is 8.78 Å². The van der Waals surface area contributed by atoms with Gasteiger partial charge in [-0.25, -0.2) is 8.78 Å². The largest absolute Gasteiger partial charge is 0.493 e. The van der Waals surface area contributed by atoms with Crippen molar-refractivity contribution >= 4 is 6.08 Å². The van der Waals surface area contributed by atoms with Crippen molar-refractivity contribution in [3.63, 3.8) is 0 Å². The normalized spacial score (nSPS) is 26.9. The van der Waals surface area contributed by atoms with E-state index in [0.717, 1.165) is 24.1 Å². The summed E-state index contributed by atoms with van der Waals surface area (Å²) in [6, 6.07) is 3.91. The summed E-state index contributed by atoms with van der Waals surface area (Å²) >= 11 is 0. The summed E-state index contributed by atoms with van der Waals surface area (Å²) in [7, 11) is 1.57. The van der Waals surface area contributed by atoms with Crippen molar-refractivity contribution < 1.29 is 23.4 Å². The number of benzene rings is 1. The number of methoxy groups -OCH3 is 1. The predicted molar refractivity (Wildman–Crippen MR) is 113 cm³/mol. The average Bonchev–Trinajstić information content (AvgIpc) is 3.46. The highest BCUT2D eigenvalue weighted by Gasteiger charge is 2.52. The Balaban J connectivity index is 1.54. The lowest BCUT2D eigenvalue weighted by Gasteiger charge is -2.45. The fourth-order valence-electron chi connectivity index (χ4n) is 4.81. The molecule has 0 amide bonds. The molecule has 0 aromatic heterocycles. The van der Waals surface area contributed by atoms with Crippen LogP contribution in [0, 0.1) is 16.7 Å². The van der Waals surface area contributed by atoms with E-state index in [-0.39, 0.29) is 30.1 Å². The topological polar surface area (TPSA) is 41.9 Å². The van der Waals surface area contributed by atoms with Crippen LogP contribution in [-0.4, -0.2) is 42.8 Å². The van der Waals surface area contributed by atoms with Gasteiger partial charge in [0.1, 0.15) is 0 Å². The van der Waals surface area contributed by atoms with Crippen LogP contribution < -0.4 is 9.47 Å². The van der Waals surface area contributed by atoms with Gasteiger partial charge < -0.3 is 19.5 Å². The zero-order valence-electron chi connectivity index (χ0n) is 18.3. The predicted octanol–water partition coefficient (Wildman–Crippen LogP) is 5.26. The van der Waals surface area contributed by atoms with Crippen molar-refractivity contribution in [2.75, 3.05) is 20.3 Å². The zero-order valence-corrected chi connectivity index (χ0v) is 18.3. The van der Waals surface area contributed by atoms with Crippen molar-refractivity contribution in [1.29, 1.82) is 0 Å². The monoisotopic (exact) mass is 421 g/mol. The first-order valence-electron chi connectivity index (χ1n) is 10.9. The molecule has 2 fully saturated rings. The first-order valence-corrected chi connectivity index (χ1v) is 10.9. The number of nitrogens with zero attached hydrogens (tertiary/aromatic N) is 1. The minimum absolute atomic E-state index is 0.00623. The van der Waals surface area contributed by atoms with Crippen molar-refractivity contribution in [2.45, 2.75) is 65.0 Å². The molecule has 0 spiro atoms. The van der Waals surface area contributed by atoms with Gasteiger partial charge >= 0.3 is 0 Å². The molecule has 3 atom stereocenters. The number of hydrogen-bond donors (Lipinski definition) is 1. The lowest BCUT2D eigenvalue weighted by Crippen LogP contribution is -2.44. The van der Waals surface area contributed by atoms with E-state index in [1.165, 1.54) is 0 Å². The van der Waals surface area contributed by atoms with Crippen LogP contribution in [0.2, 0.25) is 0 Å². The van der Waals surface area contributed by atoms with E-state index >= 15 is 0 Å². The minimum atomic E-state index is -2.36. The number of halogens is 2. The maximum Gasteiger partial charge on any atom is 0.247 e. The van der Waals surface area contributed by atoms with E-state index in [1.54, 1.807) is 7.11 Å². The number of fused-ring (bicyclic) bond motifs is 3. The second-order valence-corrected chi connectivity index (χ2v) is 10.4. The third kappa shape index (κ3) is 4.16. The second kappa shape index (κ2) is 7.70. The molecule has 0 unspecified atom stereocenters. The Hall–Kier alpha value is -1.82. The van der Waals surface area contributed by atoms with Gasteiger partial charge in [0.25, 0.3) is 0 Å². The van der Waals surface area contributed by atoms with E-state index in [0.29, 0.717) is 30.8 Å². The van der Waals surface area contributed by atoms with Crippen LogP contribution in [-0.2, 0) is 0 Å². The van der Waals surface area contributed by atoms with Crippen LogP contribution in [0.15, 0.2) is 18.3 Å².